The van der Waals surface area contributed by atoms with Gasteiger partial charge >= 0.3 is 0 Å². The topological polar surface area (TPSA) is 79.5 Å². The monoisotopic (exact) mass is 383 g/mol. The first-order chi connectivity index (χ1) is 13.4. The molecule has 0 saturated carbocycles. The highest BCUT2D eigenvalue weighted by molar-refractivity contribution is 5.96. The van der Waals surface area contributed by atoms with Crippen molar-refractivity contribution in [1.82, 2.24) is 5.32 Å². The number of hydrogen-bond donors (Lipinski definition) is 3. The second kappa shape index (κ2) is 10.3. The Morgan fingerprint density at radius 2 is 1.68 bits per heavy atom. The van der Waals surface area contributed by atoms with Crippen molar-refractivity contribution in [3.63, 3.8) is 0 Å². The van der Waals surface area contributed by atoms with Crippen LogP contribution >= 0.6 is 0 Å². The lowest BCUT2D eigenvalue weighted by Crippen LogP contribution is -2.31. The number of hydrogen-bond acceptors (Lipinski definition) is 4. The maximum atomic E-state index is 12.3. The van der Waals surface area contributed by atoms with Crippen LogP contribution in [0.1, 0.15) is 44.5 Å². The summed E-state index contributed by atoms with van der Waals surface area (Å²) >= 11 is 0. The van der Waals surface area contributed by atoms with Crippen molar-refractivity contribution in [2.75, 3.05) is 17.2 Å². The van der Waals surface area contributed by atoms with Crippen LogP contribution in [0.2, 0.25) is 0 Å². The third-order valence-electron chi connectivity index (χ3n) is 4.11. The summed E-state index contributed by atoms with van der Waals surface area (Å²) in [6, 6.07) is 14.5. The van der Waals surface area contributed by atoms with Crippen molar-refractivity contribution in [1.29, 1.82) is 0 Å². The van der Waals surface area contributed by atoms with E-state index in [1.54, 1.807) is 30.3 Å². The van der Waals surface area contributed by atoms with Crippen LogP contribution in [0.4, 0.5) is 11.4 Å². The van der Waals surface area contributed by atoms with E-state index in [-0.39, 0.29) is 30.5 Å². The van der Waals surface area contributed by atoms with Crippen LogP contribution in [0.3, 0.4) is 0 Å². The first kappa shape index (κ1) is 21.3. The van der Waals surface area contributed by atoms with Gasteiger partial charge in [0.1, 0.15) is 5.75 Å². The number of carbonyl (C=O) groups is 2. The van der Waals surface area contributed by atoms with Crippen molar-refractivity contribution in [3.8, 4) is 5.75 Å². The number of nitrogens with one attached hydrogen (secondary N) is 3. The zero-order valence-corrected chi connectivity index (χ0v) is 16.9. The van der Waals surface area contributed by atoms with Crippen LogP contribution < -0.4 is 20.7 Å². The molecule has 1 atom stereocenters. The molecule has 0 aromatic heterocycles. The van der Waals surface area contributed by atoms with Gasteiger partial charge in [-0.2, -0.15) is 0 Å². The van der Waals surface area contributed by atoms with Gasteiger partial charge in [0.25, 0.3) is 5.91 Å². The normalized spacial score (nSPS) is 11.6. The van der Waals surface area contributed by atoms with Gasteiger partial charge in [0.2, 0.25) is 5.91 Å². The molecule has 2 aromatic rings. The number of rotatable bonds is 9. The molecule has 1 unspecified atom stereocenters. The zero-order chi connectivity index (χ0) is 20.5. The molecule has 28 heavy (non-hydrogen) atoms. The van der Waals surface area contributed by atoms with Crippen LogP contribution in [-0.4, -0.2) is 30.5 Å². The molecule has 0 spiro atoms. The fraction of sp³-hybridized carbons (Fsp3) is 0.364. The summed E-state index contributed by atoms with van der Waals surface area (Å²) in [5.74, 6) is 0.362. The van der Waals surface area contributed by atoms with E-state index in [2.05, 4.69) is 16.0 Å². The Hall–Kier alpha value is -3.02. The summed E-state index contributed by atoms with van der Waals surface area (Å²) in [7, 11) is 0. The predicted molar refractivity (Wildman–Crippen MR) is 113 cm³/mol. The fourth-order valence-corrected chi connectivity index (χ4v) is 2.45. The van der Waals surface area contributed by atoms with Gasteiger partial charge in [-0.1, -0.05) is 19.1 Å². The Morgan fingerprint density at radius 1 is 1.00 bits per heavy atom. The summed E-state index contributed by atoms with van der Waals surface area (Å²) in [5, 5.41) is 8.84. The first-order valence-electron chi connectivity index (χ1n) is 9.59. The van der Waals surface area contributed by atoms with E-state index in [1.807, 2.05) is 45.9 Å². The average Bonchev–Trinajstić information content (AvgIpc) is 2.67. The Balaban J connectivity index is 1.89. The van der Waals surface area contributed by atoms with Gasteiger partial charge in [0.05, 0.1) is 18.3 Å². The van der Waals surface area contributed by atoms with E-state index in [9.17, 15) is 9.59 Å². The molecule has 150 valence electrons. The smallest absolute Gasteiger partial charge is 0.251 e. The van der Waals surface area contributed by atoms with Crippen LogP contribution in [0.25, 0.3) is 0 Å². The fourth-order valence-electron chi connectivity index (χ4n) is 2.45. The molecule has 6 nitrogen and oxygen atoms in total. The zero-order valence-electron chi connectivity index (χ0n) is 16.9. The molecule has 2 amide bonds. The van der Waals surface area contributed by atoms with Crippen molar-refractivity contribution in [3.05, 3.63) is 54.1 Å². The van der Waals surface area contributed by atoms with Crippen LogP contribution in [0.15, 0.2) is 48.5 Å². The lowest BCUT2D eigenvalue weighted by molar-refractivity contribution is -0.114. The second-order valence-corrected chi connectivity index (χ2v) is 6.92. The Bertz CT molecular complexity index is 788. The van der Waals surface area contributed by atoms with Crippen molar-refractivity contribution < 1.29 is 14.3 Å². The van der Waals surface area contributed by atoms with Crippen molar-refractivity contribution in [2.45, 2.75) is 46.3 Å². The quantitative estimate of drug-likeness (QED) is 0.610. The van der Waals surface area contributed by atoms with Gasteiger partial charge < -0.3 is 20.7 Å². The number of para-hydroxylation sites is 2. The van der Waals surface area contributed by atoms with Gasteiger partial charge in [-0.05, 0) is 63.6 Å². The maximum absolute atomic E-state index is 12.3. The number of benzene rings is 2. The molecule has 3 N–H and O–H groups in total. The predicted octanol–water partition coefficient (Wildman–Crippen LogP) is 4.05. The van der Waals surface area contributed by atoms with E-state index in [0.29, 0.717) is 17.0 Å². The van der Waals surface area contributed by atoms with Crippen molar-refractivity contribution >= 4 is 23.2 Å². The van der Waals surface area contributed by atoms with E-state index in [0.717, 1.165) is 12.1 Å². The van der Waals surface area contributed by atoms with E-state index >= 15 is 0 Å². The number of amides is 2. The maximum Gasteiger partial charge on any atom is 0.251 e. The van der Waals surface area contributed by atoms with Crippen LogP contribution in [-0.2, 0) is 4.79 Å². The minimum atomic E-state index is -0.182. The van der Waals surface area contributed by atoms with Crippen LogP contribution in [0, 0.1) is 0 Å². The van der Waals surface area contributed by atoms with Gasteiger partial charge in [-0.15, -0.1) is 0 Å². The second-order valence-electron chi connectivity index (χ2n) is 6.92. The molecule has 6 heteroatoms. The van der Waals surface area contributed by atoms with E-state index in [4.69, 9.17) is 4.74 Å². The third kappa shape index (κ3) is 6.61. The van der Waals surface area contributed by atoms with E-state index in [1.165, 1.54) is 0 Å². The van der Waals surface area contributed by atoms with Gasteiger partial charge in [0, 0.05) is 17.3 Å². The highest BCUT2D eigenvalue weighted by Crippen LogP contribution is 2.24. The summed E-state index contributed by atoms with van der Waals surface area (Å²) < 4.78 is 5.71. The standard InChI is InChI=1S/C22H29N3O3/c1-5-16(4)24-22(27)17-10-12-18(13-11-17)23-14-21(26)25-19-8-6-7-9-20(19)28-15(2)3/h6-13,15-16,23H,5,14H2,1-4H3,(H,24,27)(H,25,26). The summed E-state index contributed by atoms with van der Waals surface area (Å²) in [5.41, 5.74) is 2.00. The number of anilines is 2. The number of ether oxygens (including phenoxy) is 1. The van der Waals surface area contributed by atoms with Gasteiger partial charge in [0.15, 0.2) is 0 Å². The largest absolute Gasteiger partial charge is 0.489 e. The Labute approximate surface area is 166 Å². The van der Waals surface area contributed by atoms with Crippen LogP contribution in [0.5, 0.6) is 5.75 Å². The van der Waals surface area contributed by atoms with Gasteiger partial charge in [-0.3, -0.25) is 9.59 Å². The summed E-state index contributed by atoms with van der Waals surface area (Å²) in [6.07, 6.45) is 0.901. The van der Waals surface area contributed by atoms with Gasteiger partial charge in [-0.25, -0.2) is 0 Å². The lowest BCUT2D eigenvalue weighted by atomic mass is 10.1. The minimum Gasteiger partial charge on any atom is -0.489 e. The molecule has 0 aliphatic rings. The molecular weight excluding hydrogens is 354 g/mol. The third-order valence-corrected chi connectivity index (χ3v) is 4.11. The molecule has 0 fully saturated rings. The summed E-state index contributed by atoms with van der Waals surface area (Å²) in [4.78, 5) is 24.4. The van der Waals surface area contributed by atoms with E-state index < -0.39 is 0 Å². The molecule has 2 rings (SSSR count). The molecule has 0 bridgehead atoms. The lowest BCUT2D eigenvalue weighted by Gasteiger charge is -2.15. The first-order valence-corrected chi connectivity index (χ1v) is 9.59. The molecule has 2 aromatic carbocycles. The Kier molecular flexibility index (Phi) is 7.87. The highest BCUT2D eigenvalue weighted by atomic mass is 16.5. The minimum absolute atomic E-state index is 0.0206. The molecule has 0 saturated heterocycles. The summed E-state index contributed by atoms with van der Waals surface area (Å²) in [6.45, 7) is 7.97. The molecule has 0 radical (unpaired) electrons. The molecule has 0 aliphatic carbocycles. The molecule has 0 aliphatic heterocycles. The number of carbonyl (C=O) groups excluding carboxylic acids is 2. The van der Waals surface area contributed by atoms with Crippen molar-refractivity contribution in [2.24, 2.45) is 0 Å². The molecular formula is C22H29N3O3. The average molecular weight is 383 g/mol. The highest BCUT2D eigenvalue weighted by Gasteiger charge is 2.10. The molecule has 0 heterocycles. The SMILES string of the molecule is CCC(C)NC(=O)c1ccc(NCC(=O)Nc2ccccc2OC(C)C)cc1. The Morgan fingerprint density at radius 3 is 2.32 bits per heavy atom.